The Kier molecular flexibility index (Phi) is 2.75. The fourth-order valence-corrected chi connectivity index (χ4v) is 1.49. The number of hydrogen-bond acceptors (Lipinski definition) is 5. The van der Waals surface area contributed by atoms with Crippen LogP contribution in [0.1, 0.15) is 5.56 Å². The first-order valence-corrected chi connectivity index (χ1v) is 5.15. The first-order valence-electron chi connectivity index (χ1n) is 4.44. The molecule has 1 heterocycles. The van der Waals surface area contributed by atoms with E-state index in [1.54, 1.807) is 0 Å². The molecule has 7 heteroatoms. The Morgan fingerprint density at radius 3 is 2.44 bits per heavy atom. The van der Waals surface area contributed by atoms with Crippen LogP contribution >= 0.6 is 23.4 Å². The lowest BCUT2D eigenvalue weighted by Gasteiger charge is -2.30. The summed E-state index contributed by atoms with van der Waals surface area (Å²) in [6, 6.07) is 9.23. The highest BCUT2D eigenvalue weighted by Crippen LogP contribution is 2.23. The Morgan fingerprint density at radius 2 is 1.88 bits per heavy atom. The van der Waals surface area contributed by atoms with E-state index in [-0.39, 0.29) is 5.96 Å². The highest BCUT2D eigenvalue weighted by Gasteiger charge is 2.34. The normalized spacial score (nSPS) is 25.1. The molecule has 0 aliphatic carbocycles. The Bertz CT molecular complexity index is 454. The molecule has 0 bridgehead atoms. The van der Waals surface area contributed by atoms with Gasteiger partial charge in [0.1, 0.15) is 0 Å². The quantitative estimate of drug-likeness (QED) is 0.448. The Balaban J connectivity index is 2.45. The van der Waals surface area contributed by atoms with Gasteiger partial charge in [-0.15, -0.1) is 0 Å². The molecule has 0 saturated carbocycles. The number of hydrogen-bond donors (Lipinski definition) is 2. The van der Waals surface area contributed by atoms with Crippen molar-refractivity contribution in [2.45, 2.75) is 5.25 Å². The molecule has 2 rings (SSSR count). The molecule has 0 amide bonds. The fraction of sp³-hybridized carbons (Fsp3) is 0.111. The van der Waals surface area contributed by atoms with Crippen LogP contribution in [0.5, 0.6) is 0 Å². The van der Waals surface area contributed by atoms with Gasteiger partial charge in [-0.2, -0.15) is 9.41 Å². The van der Waals surface area contributed by atoms with Gasteiger partial charge in [-0.25, -0.2) is 4.99 Å². The first kappa shape index (κ1) is 11.2. The van der Waals surface area contributed by atoms with Crippen LogP contribution in [0.3, 0.4) is 0 Å². The molecule has 1 atom stereocenters. The number of guanidine groups is 1. The van der Waals surface area contributed by atoms with Crippen LogP contribution in [0, 0.1) is 0 Å². The summed E-state index contributed by atoms with van der Waals surface area (Å²) in [7, 11) is 0. The number of halogens is 2. The summed E-state index contributed by atoms with van der Waals surface area (Å²) >= 11 is 11.6. The Hall–Kier alpha value is -1.30. The van der Waals surface area contributed by atoms with E-state index in [2.05, 4.69) is 9.98 Å². The summed E-state index contributed by atoms with van der Waals surface area (Å²) in [6.45, 7) is 0. The molecule has 0 spiro atoms. The van der Waals surface area contributed by atoms with Crippen molar-refractivity contribution in [1.29, 1.82) is 0 Å². The van der Waals surface area contributed by atoms with Gasteiger partial charge >= 0.3 is 0 Å². The molecule has 1 aromatic rings. The van der Waals surface area contributed by atoms with E-state index in [1.165, 1.54) is 0 Å². The minimum absolute atomic E-state index is 0.00743. The summed E-state index contributed by atoms with van der Waals surface area (Å²) in [5.41, 5.74) is 12.0. The van der Waals surface area contributed by atoms with Gasteiger partial charge in [-0.05, 0) is 0 Å². The van der Waals surface area contributed by atoms with E-state index in [0.717, 1.165) is 9.98 Å². The average molecular weight is 258 g/mol. The van der Waals surface area contributed by atoms with Crippen molar-refractivity contribution in [2.75, 3.05) is 0 Å². The molecule has 0 fully saturated rings. The standard InChI is InChI=1S/C9H9Cl2N5/c10-9(13)15-7(14-8(12)16(9)11)6-4-2-1-3-5-6/h1-5H,13H2,(H2,12,14,15). The van der Waals surface area contributed by atoms with E-state index in [9.17, 15) is 0 Å². The van der Waals surface area contributed by atoms with Crippen LogP contribution in [0.15, 0.2) is 40.3 Å². The van der Waals surface area contributed by atoms with Crippen molar-refractivity contribution in [1.82, 2.24) is 4.42 Å². The molecule has 1 aliphatic heterocycles. The maximum atomic E-state index is 5.89. The van der Waals surface area contributed by atoms with E-state index < -0.39 is 5.25 Å². The van der Waals surface area contributed by atoms with E-state index in [4.69, 9.17) is 34.8 Å². The molecule has 84 valence electrons. The van der Waals surface area contributed by atoms with E-state index >= 15 is 0 Å². The maximum Gasteiger partial charge on any atom is 0.283 e. The Labute approximate surface area is 102 Å². The number of aliphatic imine (C=N–C) groups is 2. The lowest BCUT2D eigenvalue weighted by atomic mass is 10.2. The average Bonchev–Trinajstić information content (AvgIpc) is 2.26. The number of amidine groups is 1. The van der Waals surface area contributed by atoms with Crippen molar-refractivity contribution < 1.29 is 0 Å². The molecule has 1 aromatic carbocycles. The van der Waals surface area contributed by atoms with Gasteiger partial charge < -0.3 is 5.73 Å². The lowest BCUT2D eigenvalue weighted by Crippen LogP contribution is -2.53. The zero-order valence-corrected chi connectivity index (χ0v) is 9.65. The summed E-state index contributed by atoms with van der Waals surface area (Å²) in [6.07, 6.45) is 0. The fourth-order valence-electron chi connectivity index (χ4n) is 1.25. The van der Waals surface area contributed by atoms with Gasteiger partial charge in [0.05, 0.1) is 0 Å². The molecule has 0 radical (unpaired) electrons. The third kappa shape index (κ3) is 1.97. The highest BCUT2D eigenvalue weighted by atomic mass is 35.5. The predicted octanol–water partition coefficient (Wildman–Crippen LogP) is 1.03. The molecule has 5 nitrogen and oxygen atoms in total. The molecule has 1 unspecified atom stereocenters. The molecule has 4 N–H and O–H groups in total. The smallest absolute Gasteiger partial charge is 0.283 e. The van der Waals surface area contributed by atoms with Gasteiger partial charge in [-0.3, -0.25) is 5.73 Å². The van der Waals surface area contributed by atoms with Gasteiger partial charge in [0, 0.05) is 17.3 Å². The van der Waals surface area contributed by atoms with Crippen molar-refractivity contribution in [3.05, 3.63) is 35.9 Å². The number of nitrogens with zero attached hydrogens (tertiary/aromatic N) is 3. The molecule has 1 aliphatic rings. The van der Waals surface area contributed by atoms with E-state index in [0.29, 0.717) is 5.84 Å². The number of benzene rings is 1. The largest absolute Gasteiger partial charge is 0.368 e. The van der Waals surface area contributed by atoms with Gasteiger partial charge in [-0.1, -0.05) is 41.9 Å². The molecular formula is C9H9Cl2N5. The second-order valence-corrected chi connectivity index (χ2v) is 4.08. The highest BCUT2D eigenvalue weighted by molar-refractivity contribution is 6.33. The lowest BCUT2D eigenvalue weighted by molar-refractivity contribution is 0.421. The Morgan fingerprint density at radius 1 is 1.25 bits per heavy atom. The van der Waals surface area contributed by atoms with Crippen LogP contribution in [-0.4, -0.2) is 21.5 Å². The van der Waals surface area contributed by atoms with Crippen LogP contribution in [0.2, 0.25) is 0 Å². The van der Waals surface area contributed by atoms with Crippen LogP contribution in [0.4, 0.5) is 0 Å². The van der Waals surface area contributed by atoms with Gasteiger partial charge in [0.25, 0.3) is 5.25 Å². The predicted molar refractivity (Wildman–Crippen MR) is 65.1 cm³/mol. The van der Waals surface area contributed by atoms with E-state index in [1.807, 2.05) is 30.3 Å². The number of nitrogens with two attached hydrogens (primary N) is 2. The SMILES string of the molecule is NC1=NC(c2ccccc2)=NC(N)(Cl)N1Cl. The van der Waals surface area contributed by atoms with Crippen LogP contribution < -0.4 is 11.5 Å². The molecular weight excluding hydrogens is 249 g/mol. The molecule has 0 saturated heterocycles. The zero-order valence-electron chi connectivity index (χ0n) is 8.14. The molecule has 16 heavy (non-hydrogen) atoms. The minimum Gasteiger partial charge on any atom is -0.368 e. The summed E-state index contributed by atoms with van der Waals surface area (Å²) in [5.74, 6) is 0.362. The van der Waals surface area contributed by atoms with Crippen LogP contribution in [-0.2, 0) is 0 Å². The summed E-state index contributed by atoms with van der Waals surface area (Å²) in [4.78, 5) is 8.01. The molecule has 0 aromatic heterocycles. The number of alkyl halides is 1. The zero-order chi connectivity index (χ0) is 11.8. The van der Waals surface area contributed by atoms with Gasteiger partial charge in [0.2, 0.25) is 5.96 Å². The number of rotatable bonds is 1. The monoisotopic (exact) mass is 257 g/mol. The summed E-state index contributed by atoms with van der Waals surface area (Å²) in [5, 5.41) is -1.61. The van der Waals surface area contributed by atoms with Gasteiger partial charge in [0.15, 0.2) is 5.84 Å². The minimum atomic E-state index is -1.61. The third-order valence-corrected chi connectivity index (χ3v) is 2.76. The van der Waals surface area contributed by atoms with Crippen LogP contribution in [0.25, 0.3) is 0 Å². The second kappa shape index (κ2) is 3.93. The van der Waals surface area contributed by atoms with Crippen molar-refractivity contribution in [3.63, 3.8) is 0 Å². The maximum absolute atomic E-state index is 5.89. The van der Waals surface area contributed by atoms with Crippen molar-refractivity contribution in [2.24, 2.45) is 21.5 Å². The third-order valence-electron chi connectivity index (χ3n) is 1.99. The van der Waals surface area contributed by atoms with Crippen molar-refractivity contribution in [3.8, 4) is 0 Å². The first-order chi connectivity index (χ1) is 7.50. The summed E-state index contributed by atoms with van der Waals surface area (Å²) < 4.78 is 0.876. The second-order valence-electron chi connectivity index (χ2n) is 3.19. The van der Waals surface area contributed by atoms with Crippen molar-refractivity contribution >= 4 is 35.2 Å². The topological polar surface area (TPSA) is 80.0 Å².